The van der Waals surface area contributed by atoms with Crippen molar-refractivity contribution in [3.63, 3.8) is 0 Å². The molecule has 3 heterocycles. The molecule has 0 saturated carbocycles. The van der Waals surface area contributed by atoms with Gasteiger partial charge in [0.15, 0.2) is 5.82 Å². The molecule has 10 nitrogen and oxygen atoms in total. The molecule has 40 heavy (non-hydrogen) atoms. The number of sulfonamides is 1. The molecule has 1 fully saturated rings. The van der Waals surface area contributed by atoms with Crippen molar-refractivity contribution in [2.45, 2.75) is 70.7 Å². The normalized spacial score (nSPS) is 14.4. The van der Waals surface area contributed by atoms with Crippen LogP contribution in [0.5, 0.6) is 0 Å². The van der Waals surface area contributed by atoms with Crippen LogP contribution in [0.3, 0.4) is 0 Å². The molecule has 0 amide bonds. The first-order valence-electron chi connectivity index (χ1n) is 13.7. The van der Waals surface area contributed by atoms with Crippen molar-refractivity contribution < 1.29 is 8.42 Å². The van der Waals surface area contributed by atoms with Gasteiger partial charge in [-0.25, -0.2) is 12.7 Å². The first-order valence-corrected chi connectivity index (χ1v) is 15.1. The van der Waals surface area contributed by atoms with Gasteiger partial charge in [-0.2, -0.15) is 10.4 Å². The maximum absolute atomic E-state index is 12.8. The van der Waals surface area contributed by atoms with E-state index in [-0.39, 0.29) is 16.9 Å². The second-order valence-electron chi connectivity index (χ2n) is 9.75. The molecule has 0 unspecified atom stereocenters. The van der Waals surface area contributed by atoms with E-state index < -0.39 is 15.6 Å². The van der Waals surface area contributed by atoms with E-state index in [0.29, 0.717) is 35.2 Å². The Morgan fingerprint density at radius 1 is 1.18 bits per heavy atom. The van der Waals surface area contributed by atoms with Crippen LogP contribution in [0, 0.1) is 11.3 Å². The van der Waals surface area contributed by atoms with Crippen LogP contribution in [-0.2, 0) is 15.6 Å². The van der Waals surface area contributed by atoms with Crippen LogP contribution in [0.15, 0.2) is 58.5 Å². The van der Waals surface area contributed by atoms with E-state index in [1.165, 1.54) is 32.6 Å². The van der Waals surface area contributed by atoms with E-state index in [0.717, 1.165) is 23.1 Å². The van der Waals surface area contributed by atoms with Crippen LogP contribution < -0.4 is 10.9 Å². The monoisotopic (exact) mass is 569 g/mol. The van der Waals surface area contributed by atoms with Crippen LogP contribution in [0.1, 0.15) is 60.3 Å². The van der Waals surface area contributed by atoms with E-state index in [1.54, 1.807) is 24.4 Å². The molecule has 0 aliphatic carbocycles. The predicted octanol–water partition coefficient (Wildman–Crippen LogP) is 5.40. The third kappa shape index (κ3) is 6.92. The van der Waals surface area contributed by atoms with Crippen LogP contribution in [0.25, 0.3) is 10.9 Å². The minimum atomic E-state index is -3.55. The average Bonchev–Trinajstić information content (AvgIpc) is 3.31. The van der Waals surface area contributed by atoms with Crippen molar-refractivity contribution >= 4 is 32.4 Å². The highest BCUT2D eigenvalue weighted by molar-refractivity contribution is 7.89. The fourth-order valence-electron chi connectivity index (χ4n) is 4.50. The molecule has 11 heteroatoms. The Morgan fingerprint density at radius 3 is 2.25 bits per heavy atom. The highest BCUT2D eigenvalue weighted by Crippen LogP contribution is 2.38. The number of H-pyrrole nitrogens is 1. The van der Waals surface area contributed by atoms with Gasteiger partial charge in [-0.05, 0) is 50.1 Å². The standard InChI is InChI=1S/C24H29N7O3S.C3H8.C2H6/c1-17(2)30-15-11-24(10-13-25,12-16-30)31-20-9-14-26-23(32)21(20)22(28-31)27-18-5-7-19(8-6-18)35(33,34)29(3)4;1-3-2;1-2/h5-9,14H,1,10-12,15-16H2,2-4H3,(H,26,32)(H,27,28);3H2,1-2H3;1-2H3. The lowest BCUT2D eigenvalue weighted by molar-refractivity contribution is 0.129. The molecule has 1 aromatic carbocycles. The Morgan fingerprint density at radius 2 is 1.75 bits per heavy atom. The second kappa shape index (κ2) is 14.1. The summed E-state index contributed by atoms with van der Waals surface area (Å²) in [4.78, 5) is 17.9. The lowest BCUT2D eigenvalue weighted by Crippen LogP contribution is -2.45. The number of nitrogens with one attached hydrogen (secondary N) is 2. The number of nitriles is 1. The molecule has 0 bridgehead atoms. The number of allylic oxidation sites excluding steroid dienone is 1. The number of hydrogen-bond donors (Lipinski definition) is 2. The number of aromatic amines is 1. The zero-order chi connectivity index (χ0) is 30.1. The molecule has 1 saturated heterocycles. The minimum absolute atomic E-state index is 0.165. The first-order chi connectivity index (χ1) is 19.0. The summed E-state index contributed by atoms with van der Waals surface area (Å²) in [7, 11) is -0.600. The van der Waals surface area contributed by atoms with E-state index in [9.17, 15) is 18.5 Å². The van der Waals surface area contributed by atoms with Crippen LogP contribution in [0.2, 0.25) is 0 Å². The Kier molecular flexibility index (Phi) is 11.5. The number of likely N-dealkylation sites (tertiary alicyclic amines) is 1. The number of anilines is 2. The topological polar surface area (TPSA) is 127 Å². The highest BCUT2D eigenvalue weighted by Gasteiger charge is 2.39. The van der Waals surface area contributed by atoms with Gasteiger partial charge in [0.1, 0.15) is 5.39 Å². The number of nitrogens with zero attached hydrogens (tertiary/aromatic N) is 5. The molecule has 1 aliphatic rings. The van der Waals surface area contributed by atoms with E-state index >= 15 is 0 Å². The van der Waals surface area contributed by atoms with Gasteiger partial charge in [-0.15, -0.1) is 0 Å². The van der Waals surface area contributed by atoms with Crippen molar-refractivity contribution in [2.75, 3.05) is 32.5 Å². The molecule has 2 N–H and O–H groups in total. The Labute approximate surface area is 238 Å². The molecule has 4 rings (SSSR count). The quantitative estimate of drug-likeness (QED) is 0.390. The smallest absolute Gasteiger partial charge is 0.261 e. The third-order valence-electron chi connectivity index (χ3n) is 6.59. The van der Waals surface area contributed by atoms with E-state index in [4.69, 9.17) is 5.10 Å². The predicted molar refractivity (Wildman–Crippen MR) is 162 cm³/mol. The van der Waals surface area contributed by atoms with Crippen LogP contribution >= 0.6 is 0 Å². The van der Waals surface area contributed by atoms with Gasteiger partial charge in [0.2, 0.25) is 10.0 Å². The number of hydrogen-bond acceptors (Lipinski definition) is 7. The summed E-state index contributed by atoms with van der Waals surface area (Å²) in [5.41, 5.74) is 1.36. The van der Waals surface area contributed by atoms with Crippen molar-refractivity contribution in [3.8, 4) is 6.07 Å². The number of benzene rings is 1. The Bertz CT molecular complexity index is 1470. The minimum Gasteiger partial charge on any atom is -0.375 e. The highest BCUT2D eigenvalue weighted by atomic mass is 32.2. The summed E-state index contributed by atoms with van der Waals surface area (Å²) < 4.78 is 27.7. The third-order valence-corrected chi connectivity index (χ3v) is 8.42. The average molecular weight is 570 g/mol. The SMILES string of the molecule is C=C(C)N1CCC(CC#N)(n2nc(Nc3ccc(S(=O)(=O)N(C)C)cc3)c3c(=O)[nH]ccc32)CC1.CC.CCC. The number of aromatic nitrogens is 3. The number of fused-ring (bicyclic) bond motifs is 1. The summed E-state index contributed by atoms with van der Waals surface area (Å²) >= 11 is 0. The fraction of sp³-hybridized carbons (Fsp3) is 0.483. The van der Waals surface area contributed by atoms with Gasteiger partial charge in [0.25, 0.3) is 5.56 Å². The van der Waals surface area contributed by atoms with Gasteiger partial charge >= 0.3 is 0 Å². The van der Waals surface area contributed by atoms with Crippen molar-refractivity contribution in [1.82, 2.24) is 24.0 Å². The van der Waals surface area contributed by atoms with Gasteiger partial charge < -0.3 is 15.2 Å². The van der Waals surface area contributed by atoms with Gasteiger partial charge in [0.05, 0.1) is 28.4 Å². The summed E-state index contributed by atoms with van der Waals surface area (Å²) in [6.45, 7) is 15.7. The van der Waals surface area contributed by atoms with Crippen molar-refractivity contribution in [1.29, 1.82) is 5.26 Å². The Hall–Kier alpha value is -3.62. The molecule has 1 aliphatic heterocycles. The molecular formula is C29H43N7O3S. The Balaban J connectivity index is 0.00000105. The zero-order valence-corrected chi connectivity index (χ0v) is 25.6. The van der Waals surface area contributed by atoms with E-state index in [2.05, 4.69) is 41.7 Å². The summed E-state index contributed by atoms with van der Waals surface area (Å²) in [5, 5.41) is 18.0. The second-order valence-corrected chi connectivity index (χ2v) is 11.9. The van der Waals surface area contributed by atoms with Gasteiger partial charge in [-0.1, -0.05) is 40.7 Å². The van der Waals surface area contributed by atoms with Crippen molar-refractivity contribution in [3.05, 3.63) is 59.2 Å². The lowest BCUT2D eigenvalue weighted by atomic mass is 9.84. The number of piperidine rings is 1. The van der Waals surface area contributed by atoms with Crippen LogP contribution in [-0.4, -0.2) is 59.6 Å². The first kappa shape index (κ1) is 32.6. The zero-order valence-electron chi connectivity index (χ0n) is 24.8. The molecule has 2 aromatic heterocycles. The number of rotatable bonds is 7. The summed E-state index contributed by atoms with van der Waals surface area (Å²) in [6.07, 6.45) is 4.47. The number of pyridine rings is 1. The summed E-state index contributed by atoms with van der Waals surface area (Å²) in [6, 6.07) is 10.4. The lowest BCUT2D eigenvalue weighted by Gasteiger charge is -2.42. The van der Waals surface area contributed by atoms with E-state index in [1.807, 2.05) is 25.5 Å². The fourth-order valence-corrected chi connectivity index (χ4v) is 5.40. The van der Waals surface area contributed by atoms with Crippen LogP contribution in [0.4, 0.5) is 11.5 Å². The molecule has 0 spiro atoms. The molecule has 3 aromatic rings. The summed E-state index contributed by atoms with van der Waals surface area (Å²) in [5.74, 6) is 0.352. The maximum Gasteiger partial charge on any atom is 0.261 e. The van der Waals surface area contributed by atoms with Crippen molar-refractivity contribution in [2.24, 2.45) is 0 Å². The maximum atomic E-state index is 12.8. The molecule has 218 valence electrons. The van der Waals surface area contributed by atoms with Gasteiger partial charge in [0, 0.05) is 44.8 Å². The largest absolute Gasteiger partial charge is 0.375 e. The molecule has 0 atom stereocenters. The van der Waals surface area contributed by atoms with Gasteiger partial charge in [-0.3, -0.25) is 9.48 Å². The molecular weight excluding hydrogens is 526 g/mol. The molecule has 0 radical (unpaired) electrons.